The van der Waals surface area contributed by atoms with Crippen molar-refractivity contribution in [2.75, 3.05) is 26.2 Å². The van der Waals surface area contributed by atoms with Gasteiger partial charge in [-0.2, -0.15) is 0 Å². The van der Waals surface area contributed by atoms with E-state index in [4.69, 9.17) is 4.74 Å². The standard InChI is InChI=1S/C17H27N3O3/c1-5-8-17-11-18(15(22)23-16(2,3)4)9-10-20(17)14(21)19(12-17)13-6-7-13/h5,13H,1,6-12H2,2-4H3. The molecule has 6 nitrogen and oxygen atoms in total. The fourth-order valence-electron chi connectivity index (χ4n) is 3.61. The summed E-state index contributed by atoms with van der Waals surface area (Å²) in [5.41, 5.74) is -0.859. The van der Waals surface area contributed by atoms with E-state index in [2.05, 4.69) is 6.58 Å². The third-order valence-electron chi connectivity index (χ3n) is 4.76. The highest BCUT2D eigenvalue weighted by Gasteiger charge is 2.55. The summed E-state index contributed by atoms with van der Waals surface area (Å²) < 4.78 is 5.51. The molecule has 1 aliphatic carbocycles. The number of nitrogens with zero attached hydrogens (tertiary/aromatic N) is 3. The Balaban J connectivity index is 1.77. The Morgan fingerprint density at radius 2 is 2.04 bits per heavy atom. The van der Waals surface area contributed by atoms with Gasteiger partial charge < -0.3 is 19.4 Å². The third kappa shape index (κ3) is 3.03. The van der Waals surface area contributed by atoms with E-state index >= 15 is 0 Å². The lowest BCUT2D eigenvalue weighted by Crippen LogP contribution is -2.62. The molecule has 6 heteroatoms. The molecule has 3 fully saturated rings. The molecule has 0 aromatic rings. The maximum absolute atomic E-state index is 12.7. The molecular formula is C17H27N3O3. The van der Waals surface area contributed by atoms with Crippen molar-refractivity contribution >= 4 is 12.1 Å². The van der Waals surface area contributed by atoms with Gasteiger partial charge in [0.05, 0.1) is 5.54 Å². The number of hydrogen-bond donors (Lipinski definition) is 0. The number of piperazine rings is 1. The SMILES string of the molecule is C=CCC12CN(C(=O)OC(C)(C)C)CCN1C(=O)N(C1CC1)C2. The lowest BCUT2D eigenvalue weighted by molar-refractivity contribution is -0.00248. The summed E-state index contributed by atoms with van der Waals surface area (Å²) in [5.74, 6) is 0. The Labute approximate surface area is 138 Å². The first-order valence-electron chi connectivity index (χ1n) is 8.43. The van der Waals surface area contributed by atoms with E-state index in [1.54, 1.807) is 4.90 Å². The van der Waals surface area contributed by atoms with Crippen LogP contribution in [-0.4, -0.2) is 70.2 Å². The van der Waals surface area contributed by atoms with Gasteiger partial charge in [-0.25, -0.2) is 9.59 Å². The van der Waals surface area contributed by atoms with Crippen LogP contribution in [0, 0.1) is 0 Å². The zero-order valence-electron chi connectivity index (χ0n) is 14.4. The van der Waals surface area contributed by atoms with Crippen molar-refractivity contribution in [2.24, 2.45) is 0 Å². The lowest BCUT2D eigenvalue weighted by atomic mass is 9.91. The number of carbonyl (C=O) groups excluding carboxylic acids is 2. The predicted octanol–water partition coefficient (Wildman–Crippen LogP) is 2.45. The van der Waals surface area contributed by atoms with E-state index in [0.717, 1.165) is 12.8 Å². The number of fused-ring (bicyclic) bond motifs is 1. The van der Waals surface area contributed by atoms with Crippen molar-refractivity contribution in [3.63, 3.8) is 0 Å². The van der Waals surface area contributed by atoms with E-state index in [-0.39, 0.29) is 17.7 Å². The second-order valence-electron chi connectivity index (χ2n) is 7.91. The maximum atomic E-state index is 12.7. The highest BCUT2D eigenvalue weighted by atomic mass is 16.6. The Kier molecular flexibility index (Phi) is 3.81. The molecule has 1 atom stereocenters. The Bertz CT molecular complexity index is 524. The predicted molar refractivity (Wildman–Crippen MR) is 87.2 cm³/mol. The number of rotatable bonds is 3. The summed E-state index contributed by atoms with van der Waals surface area (Å²) in [4.78, 5) is 30.8. The molecule has 0 bridgehead atoms. The minimum Gasteiger partial charge on any atom is -0.444 e. The van der Waals surface area contributed by atoms with Gasteiger partial charge in [0, 0.05) is 32.2 Å². The first kappa shape index (κ1) is 16.1. The molecule has 0 radical (unpaired) electrons. The molecule has 1 unspecified atom stereocenters. The molecule has 2 aliphatic heterocycles. The largest absolute Gasteiger partial charge is 0.444 e. The van der Waals surface area contributed by atoms with Crippen LogP contribution in [0.3, 0.4) is 0 Å². The highest BCUT2D eigenvalue weighted by molar-refractivity contribution is 5.80. The lowest BCUT2D eigenvalue weighted by Gasteiger charge is -2.45. The monoisotopic (exact) mass is 321 g/mol. The third-order valence-corrected chi connectivity index (χ3v) is 4.76. The Hall–Kier alpha value is -1.72. The van der Waals surface area contributed by atoms with Crippen LogP contribution in [0.4, 0.5) is 9.59 Å². The van der Waals surface area contributed by atoms with Crippen LogP contribution in [0.15, 0.2) is 12.7 Å². The zero-order valence-corrected chi connectivity index (χ0v) is 14.4. The topological polar surface area (TPSA) is 53.1 Å². The number of hydrogen-bond acceptors (Lipinski definition) is 3. The quantitative estimate of drug-likeness (QED) is 0.750. The first-order valence-corrected chi connectivity index (χ1v) is 8.43. The summed E-state index contributed by atoms with van der Waals surface area (Å²) in [5, 5.41) is 0. The number of urea groups is 1. The minimum absolute atomic E-state index is 0.123. The summed E-state index contributed by atoms with van der Waals surface area (Å²) in [6, 6.07) is 0.517. The van der Waals surface area contributed by atoms with Crippen LogP contribution in [0.2, 0.25) is 0 Å². The van der Waals surface area contributed by atoms with Crippen molar-refractivity contribution in [3.05, 3.63) is 12.7 Å². The number of amides is 3. The molecule has 1 saturated carbocycles. The summed E-state index contributed by atoms with van der Waals surface area (Å²) in [7, 11) is 0. The molecule has 128 valence electrons. The van der Waals surface area contributed by atoms with Crippen LogP contribution in [0.1, 0.15) is 40.0 Å². The van der Waals surface area contributed by atoms with Gasteiger partial charge in [0.15, 0.2) is 0 Å². The molecule has 3 aliphatic rings. The van der Waals surface area contributed by atoms with Crippen LogP contribution in [0.5, 0.6) is 0 Å². The molecule has 2 heterocycles. The van der Waals surface area contributed by atoms with Crippen molar-refractivity contribution < 1.29 is 14.3 Å². The van der Waals surface area contributed by atoms with Gasteiger partial charge >= 0.3 is 12.1 Å². The van der Waals surface area contributed by atoms with E-state index < -0.39 is 5.60 Å². The second-order valence-corrected chi connectivity index (χ2v) is 7.91. The molecule has 3 rings (SSSR count). The summed E-state index contributed by atoms with van der Waals surface area (Å²) >= 11 is 0. The molecule has 0 aromatic heterocycles. The van der Waals surface area contributed by atoms with Gasteiger partial charge in [0.2, 0.25) is 0 Å². The van der Waals surface area contributed by atoms with Crippen LogP contribution >= 0.6 is 0 Å². The molecule has 0 aromatic carbocycles. The van der Waals surface area contributed by atoms with Gasteiger partial charge in [-0.15, -0.1) is 6.58 Å². The molecule has 0 N–H and O–H groups in total. The molecule has 2 saturated heterocycles. The van der Waals surface area contributed by atoms with Crippen molar-refractivity contribution in [1.82, 2.24) is 14.7 Å². The molecular weight excluding hydrogens is 294 g/mol. The summed E-state index contributed by atoms with van der Waals surface area (Å²) in [6.07, 6.45) is 4.45. The zero-order chi connectivity index (χ0) is 16.8. The van der Waals surface area contributed by atoms with Gasteiger partial charge in [0.25, 0.3) is 0 Å². The number of ether oxygens (including phenoxy) is 1. The average molecular weight is 321 g/mol. The Morgan fingerprint density at radius 1 is 1.35 bits per heavy atom. The first-order chi connectivity index (χ1) is 10.8. The fraction of sp³-hybridized carbons (Fsp3) is 0.765. The van der Waals surface area contributed by atoms with E-state index in [1.807, 2.05) is 36.6 Å². The highest BCUT2D eigenvalue weighted by Crippen LogP contribution is 2.39. The normalized spacial score (nSPS) is 28.0. The smallest absolute Gasteiger partial charge is 0.410 e. The second kappa shape index (κ2) is 5.42. The van der Waals surface area contributed by atoms with Crippen molar-refractivity contribution in [3.8, 4) is 0 Å². The van der Waals surface area contributed by atoms with Gasteiger partial charge in [-0.1, -0.05) is 6.08 Å². The minimum atomic E-state index is -0.509. The fourth-order valence-corrected chi connectivity index (χ4v) is 3.61. The van der Waals surface area contributed by atoms with Gasteiger partial charge in [0.1, 0.15) is 5.60 Å². The molecule has 3 amide bonds. The van der Waals surface area contributed by atoms with E-state index in [0.29, 0.717) is 38.6 Å². The average Bonchev–Trinajstić information content (AvgIpc) is 3.23. The molecule has 23 heavy (non-hydrogen) atoms. The van der Waals surface area contributed by atoms with Crippen LogP contribution < -0.4 is 0 Å². The summed E-state index contributed by atoms with van der Waals surface area (Å²) in [6.45, 7) is 11.8. The van der Waals surface area contributed by atoms with Gasteiger partial charge in [-0.3, -0.25) is 0 Å². The molecule has 0 spiro atoms. The van der Waals surface area contributed by atoms with Gasteiger partial charge in [-0.05, 0) is 40.0 Å². The Morgan fingerprint density at radius 3 is 2.61 bits per heavy atom. The van der Waals surface area contributed by atoms with Crippen molar-refractivity contribution in [1.29, 1.82) is 0 Å². The van der Waals surface area contributed by atoms with E-state index in [1.165, 1.54) is 0 Å². The van der Waals surface area contributed by atoms with Crippen molar-refractivity contribution in [2.45, 2.75) is 57.2 Å². The van der Waals surface area contributed by atoms with Crippen LogP contribution in [-0.2, 0) is 4.74 Å². The van der Waals surface area contributed by atoms with E-state index in [9.17, 15) is 9.59 Å². The van der Waals surface area contributed by atoms with Crippen LogP contribution in [0.25, 0.3) is 0 Å². The maximum Gasteiger partial charge on any atom is 0.410 e. The number of carbonyl (C=O) groups is 2.